The number of aromatic nitrogens is 6. The highest BCUT2D eigenvalue weighted by Gasteiger charge is 2.21. The van der Waals surface area contributed by atoms with Crippen molar-refractivity contribution in [2.24, 2.45) is 0 Å². The van der Waals surface area contributed by atoms with E-state index >= 15 is 0 Å². The van der Waals surface area contributed by atoms with E-state index in [1.807, 2.05) is 70.2 Å². The van der Waals surface area contributed by atoms with E-state index in [4.69, 9.17) is 9.97 Å². The number of aromatic amines is 1. The summed E-state index contributed by atoms with van der Waals surface area (Å²) in [5, 5.41) is 0. The van der Waals surface area contributed by atoms with Crippen LogP contribution in [-0.4, -0.2) is 48.5 Å². The van der Waals surface area contributed by atoms with Crippen molar-refractivity contribution >= 4 is 28.0 Å². The van der Waals surface area contributed by atoms with Crippen LogP contribution in [0.1, 0.15) is 36.5 Å². The maximum atomic E-state index is 4.94. The number of aryl methyl sites for hydroxylation is 1. The molecular weight excluding hydrogens is 450 g/mol. The molecule has 182 valence electrons. The minimum absolute atomic E-state index is 0.728. The average molecular weight is 480 g/mol. The molecule has 0 bridgehead atoms. The highest BCUT2D eigenvalue weighted by Crippen LogP contribution is 2.33. The lowest BCUT2D eigenvalue weighted by Gasteiger charge is -2.20. The van der Waals surface area contributed by atoms with Gasteiger partial charge in [-0.05, 0) is 50.6 Å². The maximum Gasteiger partial charge on any atom is 0.166 e. The number of rotatable bonds is 6. The monoisotopic (exact) mass is 479 g/mol. The van der Waals surface area contributed by atoms with Gasteiger partial charge in [-0.15, -0.1) is 0 Å². The van der Waals surface area contributed by atoms with E-state index in [0.717, 1.165) is 62.2 Å². The molecule has 0 aliphatic carbocycles. The van der Waals surface area contributed by atoms with Gasteiger partial charge in [-0.1, -0.05) is 12.2 Å². The van der Waals surface area contributed by atoms with Crippen LogP contribution in [0.4, 0.5) is 5.82 Å². The number of hydrogen-bond donors (Lipinski definition) is 3. The van der Waals surface area contributed by atoms with Crippen molar-refractivity contribution in [1.82, 2.24) is 39.8 Å². The fourth-order valence-corrected chi connectivity index (χ4v) is 4.14. The lowest BCUT2D eigenvalue weighted by atomic mass is 9.99. The molecular formula is C27H29N9. The van der Waals surface area contributed by atoms with Crippen LogP contribution in [0.2, 0.25) is 0 Å². The van der Waals surface area contributed by atoms with Crippen LogP contribution in [0.25, 0.3) is 28.0 Å². The van der Waals surface area contributed by atoms with Crippen LogP contribution in [0.5, 0.6) is 0 Å². The van der Waals surface area contributed by atoms with Gasteiger partial charge < -0.3 is 15.3 Å². The molecule has 0 spiro atoms. The summed E-state index contributed by atoms with van der Waals surface area (Å²) in [4.78, 5) is 24.1. The molecule has 36 heavy (non-hydrogen) atoms. The number of allylic oxidation sites excluding steroid dienone is 5. The van der Waals surface area contributed by atoms with Crippen molar-refractivity contribution in [3.63, 3.8) is 0 Å². The van der Waals surface area contributed by atoms with Gasteiger partial charge in [-0.3, -0.25) is 9.99 Å². The largest absolute Gasteiger partial charge is 0.378 e. The van der Waals surface area contributed by atoms with Crippen LogP contribution >= 0.6 is 0 Å². The Morgan fingerprint density at radius 2 is 2.00 bits per heavy atom. The van der Waals surface area contributed by atoms with Crippen LogP contribution in [0, 0.1) is 6.92 Å². The highest BCUT2D eigenvalue weighted by atomic mass is 15.4. The molecule has 1 aliphatic heterocycles. The molecule has 4 aromatic rings. The van der Waals surface area contributed by atoms with Gasteiger partial charge >= 0.3 is 0 Å². The third-order valence-corrected chi connectivity index (χ3v) is 5.98. The standard InChI is InChI=1S/C27H29N9/c1-6-8-20(35(4)5)11-18(7-2)19-12-21-22(14-31-34-25(21)29-13-19)26-32-23-9-10-28-27(24(23)33-26)36-15-17(3)30-16-36/h6-16,31H,1-5H3,(H,29,34)(H,32,33)/b8-6+,18-7+,20-11+. The molecule has 5 rings (SSSR count). The van der Waals surface area contributed by atoms with Gasteiger partial charge in [-0.2, -0.15) is 0 Å². The van der Waals surface area contributed by atoms with Crippen LogP contribution in [0.15, 0.2) is 73.3 Å². The first kappa shape index (κ1) is 23.1. The van der Waals surface area contributed by atoms with Gasteiger partial charge in [0.05, 0.1) is 11.2 Å². The zero-order valence-corrected chi connectivity index (χ0v) is 21.0. The smallest absolute Gasteiger partial charge is 0.166 e. The first-order valence-corrected chi connectivity index (χ1v) is 11.7. The predicted molar refractivity (Wildman–Crippen MR) is 144 cm³/mol. The number of imidazole rings is 2. The number of H-pyrrole nitrogens is 1. The minimum Gasteiger partial charge on any atom is -0.378 e. The second-order valence-corrected chi connectivity index (χ2v) is 8.69. The normalized spacial score (nSPS) is 14.0. The van der Waals surface area contributed by atoms with Gasteiger partial charge in [-0.25, -0.2) is 19.9 Å². The zero-order chi connectivity index (χ0) is 25.2. The molecule has 0 saturated heterocycles. The zero-order valence-electron chi connectivity index (χ0n) is 21.0. The number of hydrazine groups is 1. The second kappa shape index (κ2) is 9.53. The summed E-state index contributed by atoms with van der Waals surface area (Å²) in [5.74, 6) is 2.19. The van der Waals surface area contributed by atoms with E-state index < -0.39 is 0 Å². The van der Waals surface area contributed by atoms with E-state index in [9.17, 15) is 0 Å². The first-order chi connectivity index (χ1) is 17.5. The molecule has 5 heterocycles. The van der Waals surface area contributed by atoms with Crippen LogP contribution in [0.3, 0.4) is 0 Å². The number of nitrogens with zero attached hydrogens (tertiary/aromatic N) is 6. The van der Waals surface area contributed by atoms with E-state index in [1.54, 1.807) is 12.5 Å². The summed E-state index contributed by atoms with van der Waals surface area (Å²) in [7, 11) is 4.08. The van der Waals surface area contributed by atoms with Crippen molar-refractivity contribution < 1.29 is 0 Å². The van der Waals surface area contributed by atoms with E-state index in [2.05, 4.69) is 55.0 Å². The maximum absolute atomic E-state index is 4.94. The van der Waals surface area contributed by atoms with E-state index in [-0.39, 0.29) is 0 Å². The molecule has 0 aromatic carbocycles. The number of hydrogen-bond acceptors (Lipinski definition) is 7. The quantitative estimate of drug-likeness (QED) is 0.348. The Hall–Kier alpha value is -4.66. The topological polar surface area (TPSA) is 99.6 Å². The summed E-state index contributed by atoms with van der Waals surface area (Å²) in [6.45, 7) is 6.01. The van der Waals surface area contributed by atoms with E-state index in [0.29, 0.717) is 0 Å². The van der Waals surface area contributed by atoms with Gasteiger partial charge in [0.25, 0.3) is 0 Å². The van der Waals surface area contributed by atoms with Gasteiger partial charge in [0.1, 0.15) is 17.7 Å². The molecule has 0 radical (unpaired) electrons. The Kier molecular flexibility index (Phi) is 6.12. The van der Waals surface area contributed by atoms with Crippen molar-refractivity contribution in [2.45, 2.75) is 20.8 Å². The fraction of sp³-hybridized carbons (Fsp3) is 0.185. The van der Waals surface area contributed by atoms with E-state index in [1.165, 1.54) is 0 Å². The Bertz CT molecular complexity index is 1550. The Labute approximate surface area is 210 Å². The third kappa shape index (κ3) is 4.26. The molecule has 0 fully saturated rings. The molecule has 9 heteroatoms. The van der Waals surface area contributed by atoms with Gasteiger partial charge in [0.15, 0.2) is 11.6 Å². The lowest BCUT2D eigenvalue weighted by Crippen LogP contribution is -2.22. The number of pyridine rings is 2. The average Bonchev–Trinajstić information content (AvgIpc) is 3.52. The molecule has 0 atom stereocenters. The Balaban J connectivity index is 1.58. The van der Waals surface area contributed by atoms with Crippen LogP contribution < -0.4 is 10.9 Å². The first-order valence-electron chi connectivity index (χ1n) is 11.7. The predicted octanol–water partition coefficient (Wildman–Crippen LogP) is 4.59. The van der Waals surface area contributed by atoms with Crippen molar-refractivity contribution in [2.75, 3.05) is 19.5 Å². The van der Waals surface area contributed by atoms with Crippen molar-refractivity contribution in [1.29, 1.82) is 0 Å². The summed E-state index contributed by atoms with van der Waals surface area (Å²) in [6, 6.07) is 4.07. The molecule has 1 aliphatic rings. The highest BCUT2D eigenvalue weighted by molar-refractivity contribution is 5.91. The summed E-state index contributed by atoms with van der Waals surface area (Å²) >= 11 is 0. The van der Waals surface area contributed by atoms with Gasteiger partial charge in [0.2, 0.25) is 0 Å². The molecule has 4 aromatic heterocycles. The molecule has 9 nitrogen and oxygen atoms in total. The molecule has 0 saturated carbocycles. The Morgan fingerprint density at radius 1 is 1.14 bits per heavy atom. The second-order valence-electron chi connectivity index (χ2n) is 8.69. The Morgan fingerprint density at radius 3 is 2.72 bits per heavy atom. The number of fused-ring (bicyclic) bond motifs is 2. The number of anilines is 1. The fourth-order valence-electron chi connectivity index (χ4n) is 4.14. The summed E-state index contributed by atoms with van der Waals surface area (Å²) < 4.78 is 1.89. The van der Waals surface area contributed by atoms with Crippen molar-refractivity contribution in [3.05, 3.63) is 95.9 Å². The summed E-state index contributed by atoms with van der Waals surface area (Å²) in [6.07, 6.45) is 17.6. The lowest BCUT2D eigenvalue weighted by molar-refractivity contribution is 0.530. The molecule has 3 N–H and O–H groups in total. The minimum atomic E-state index is 0.728. The van der Waals surface area contributed by atoms with Crippen LogP contribution in [-0.2, 0) is 0 Å². The molecule has 0 unspecified atom stereocenters. The summed E-state index contributed by atoms with van der Waals surface area (Å²) in [5.41, 5.74) is 13.9. The number of likely N-dealkylation sites (N-methyl/N-ethyl adjacent to an activating group) is 1. The van der Waals surface area contributed by atoms with Gasteiger partial charge in [0, 0.05) is 61.3 Å². The number of nitrogens with one attached hydrogen (secondary N) is 3. The third-order valence-electron chi connectivity index (χ3n) is 5.98. The van der Waals surface area contributed by atoms with Crippen molar-refractivity contribution in [3.8, 4) is 5.82 Å². The SMILES string of the molecule is C/C=C/C(=C\C(=C/C)c1cnc2c(c1)C(c1nc3c(-n4cnc(C)c4)nccc3[nH]1)=CNN2)N(C)C. The molecule has 0 amide bonds.